The van der Waals surface area contributed by atoms with Gasteiger partial charge in [-0.05, 0) is 61.9 Å². The molecule has 0 saturated carbocycles. The summed E-state index contributed by atoms with van der Waals surface area (Å²) in [5.74, 6) is 0.877. The number of aryl methyl sites for hydroxylation is 1. The Labute approximate surface area is 161 Å². The minimum Gasteiger partial charge on any atom is -0.378 e. The number of anilines is 1. The molecule has 3 heteroatoms. The Morgan fingerprint density at radius 2 is 2.11 bits per heavy atom. The van der Waals surface area contributed by atoms with Crippen LogP contribution in [-0.2, 0) is 0 Å². The van der Waals surface area contributed by atoms with E-state index < -0.39 is 0 Å². The monoisotopic (exact) mass is 360 g/mol. The van der Waals surface area contributed by atoms with E-state index >= 15 is 0 Å². The van der Waals surface area contributed by atoms with Crippen molar-refractivity contribution in [2.45, 2.75) is 51.6 Å². The third kappa shape index (κ3) is 3.39. The molecule has 140 valence electrons. The zero-order valence-corrected chi connectivity index (χ0v) is 16.3. The van der Waals surface area contributed by atoms with Crippen LogP contribution in [0.1, 0.15) is 65.7 Å². The predicted octanol–water partition coefficient (Wildman–Crippen LogP) is 5.35. The molecule has 0 spiro atoms. The van der Waals surface area contributed by atoms with E-state index in [1.54, 1.807) is 0 Å². The van der Waals surface area contributed by atoms with Gasteiger partial charge in [0.25, 0.3) is 5.91 Å². The molecule has 1 aliphatic carbocycles. The number of rotatable bonds is 4. The summed E-state index contributed by atoms with van der Waals surface area (Å²) in [4.78, 5) is 12.6. The third-order valence-electron chi connectivity index (χ3n) is 6.02. The molecular weight excluding hydrogens is 332 g/mol. The second kappa shape index (κ2) is 7.22. The molecule has 4 rings (SSSR count). The van der Waals surface area contributed by atoms with Crippen molar-refractivity contribution >= 4 is 11.6 Å². The van der Waals surface area contributed by atoms with E-state index in [-0.39, 0.29) is 11.9 Å². The van der Waals surface area contributed by atoms with Crippen LogP contribution < -0.4 is 10.6 Å². The zero-order valence-electron chi connectivity index (χ0n) is 16.3. The van der Waals surface area contributed by atoms with Gasteiger partial charge in [0.2, 0.25) is 0 Å². The first-order chi connectivity index (χ1) is 13.1. The van der Waals surface area contributed by atoms with Crippen LogP contribution in [0.3, 0.4) is 0 Å². The van der Waals surface area contributed by atoms with Gasteiger partial charge in [0.1, 0.15) is 0 Å². The summed E-state index contributed by atoms with van der Waals surface area (Å²) < 4.78 is 0. The first kappa shape index (κ1) is 17.8. The van der Waals surface area contributed by atoms with Gasteiger partial charge >= 0.3 is 0 Å². The Bertz CT molecular complexity index is 886. The highest BCUT2D eigenvalue weighted by Gasteiger charge is 2.38. The highest BCUT2D eigenvalue weighted by atomic mass is 16.1. The average molecular weight is 361 g/mol. The molecule has 1 aliphatic heterocycles. The molecule has 4 unspecified atom stereocenters. The molecule has 27 heavy (non-hydrogen) atoms. The number of benzene rings is 2. The van der Waals surface area contributed by atoms with Crippen LogP contribution >= 0.6 is 0 Å². The van der Waals surface area contributed by atoms with E-state index in [1.807, 2.05) is 13.0 Å². The fraction of sp³-hybridized carbons (Fsp3) is 0.375. The van der Waals surface area contributed by atoms with Crippen molar-refractivity contribution in [3.8, 4) is 0 Å². The molecule has 0 bridgehead atoms. The summed E-state index contributed by atoms with van der Waals surface area (Å²) in [6.07, 6.45) is 6.62. The van der Waals surface area contributed by atoms with Crippen molar-refractivity contribution in [1.29, 1.82) is 0 Å². The lowest BCUT2D eigenvalue weighted by Gasteiger charge is -2.38. The number of carbonyl (C=O) groups is 1. The lowest BCUT2D eigenvalue weighted by Crippen LogP contribution is -2.33. The number of nitrogens with one attached hydrogen (secondary N) is 2. The Morgan fingerprint density at radius 1 is 1.26 bits per heavy atom. The quantitative estimate of drug-likeness (QED) is 0.722. The fourth-order valence-corrected chi connectivity index (χ4v) is 4.34. The van der Waals surface area contributed by atoms with Crippen LogP contribution in [0.4, 0.5) is 5.69 Å². The maximum Gasteiger partial charge on any atom is 0.251 e. The number of hydrogen-bond donors (Lipinski definition) is 2. The second-order valence-corrected chi connectivity index (χ2v) is 7.97. The second-order valence-electron chi connectivity index (χ2n) is 7.97. The molecule has 2 aliphatic rings. The van der Waals surface area contributed by atoms with Gasteiger partial charge in [-0.1, -0.05) is 48.9 Å². The van der Waals surface area contributed by atoms with Gasteiger partial charge in [-0.2, -0.15) is 0 Å². The molecule has 1 heterocycles. The number of amides is 1. The fourth-order valence-electron chi connectivity index (χ4n) is 4.34. The van der Waals surface area contributed by atoms with Gasteiger partial charge in [0.05, 0.1) is 6.04 Å². The van der Waals surface area contributed by atoms with Gasteiger partial charge in [0, 0.05) is 23.2 Å². The lowest BCUT2D eigenvalue weighted by molar-refractivity contribution is 0.0939. The van der Waals surface area contributed by atoms with Crippen molar-refractivity contribution in [3.05, 3.63) is 76.9 Å². The Balaban J connectivity index is 1.66. The molecule has 0 aromatic heterocycles. The average Bonchev–Trinajstić information content (AvgIpc) is 3.17. The van der Waals surface area contributed by atoms with Crippen LogP contribution in [0, 0.1) is 12.8 Å². The third-order valence-corrected chi connectivity index (χ3v) is 6.02. The van der Waals surface area contributed by atoms with Gasteiger partial charge in [-0.3, -0.25) is 4.79 Å². The van der Waals surface area contributed by atoms with Crippen molar-refractivity contribution in [1.82, 2.24) is 5.32 Å². The highest BCUT2D eigenvalue weighted by molar-refractivity contribution is 5.95. The van der Waals surface area contributed by atoms with E-state index in [9.17, 15) is 4.79 Å². The van der Waals surface area contributed by atoms with E-state index in [4.69, 9.17) is 0 Å². The molecule has 2 aromatic rings. The Hall–Kier alpha value is -2.55. The molecular formula is C24H28N2O. The molecule has 1 amide bonds. The van der Waals surface area contributed by atoms with E-state index in [1.165, 1.54) is 16.7 Å². The number of fused-ring (bicyclic) bond motifs is 3. The number of allylic oxidation sites excluding steroid dienone is 2. The smallest absolute Gasteiger partial charge is 0.251 e. The maximum atomic E-state index is 12.6. The Morgan fingerprint density at radius 3 is 2.89 bits per heavy atom. The van der Waals surface area contributed by atoms with Gasteiger partial charge in [-0.15, -0.1) is 0 Å². The van der Waals surface area contributed by atoms with E-state index in [0.29, 0.717) is 17.9 Å². The summed E-state index contributed by atoms with van der Waals surface area (Å²) in [5, 5.41) is 6.83. The van der Waals surface area contributed by atoms with Crippen molar-refractivity contribution in [3.63, 3.8) is 0 Å². The topological polar surface area (TPSA) is 41.1 Å². The largest absolute Gasteiger partial charge is 0.378 e. The molecule has 3 nitrogen and oxygen atoms in total. The molecule has 0 radical (unpaired) electrons. The number of hydrogen-bond acceptors (Lipinski definition) is 2. The first-order valence-corrected chi connectivity index (χ1v) is 10.0. The molecule has 2 aromatic carbocycles. The zero-order chi connectivity index (χ0) is 19.0. The minimum atomic E-state index is 0.0199. The minimum absolute atomic E-state index is 0.0199. The lowest BCUT2D eigenvalue weighted by atomic mass is 9.76. The molecule has 4 atom stereocenters. The summed E-state index contributed by atoms with van der Waals surface area (Å²) >= 11 is 0. The summed E-state index contributed by atoms with van der Waals surface area (Å²) in [6, 6.07) is 15.4. The molecule has 0 fully saturated rings. The van der Waals surface area contributed by atoms with Gasteiger partial charge in [-0.25, -0.2) is 0 Å². The van der Waals surface area contributed by atoms with Crippen LogP contribution in [0.15, 0.2) is 54.6 Å². The molecule has 2 N–H and O–H groups in total. The summed E-state index contributed by atoms with van der Waals surface area (Å²) in [6.45, 7) is 6.27. The SMILES string of the molecule is CCC(C)NC(=O)c1ccc2c(c1)C1C=CCC1C(c1cccc(C)c1)N2. The standard InChI is InChI=1S/C24H28N2O/c1-4-16(3)25-24(27)18-11-12-22-21(14-18)19-9-6-10-20(19)23(26-22)17-8-5-7-15(2)13-17/h5-9,11-14,16,19-20,23,26H,4,10H2,1-3H3,(H,25,27). The van der Waals surface area contributed by atoms with E-state index in [0.717, 1.165) is 24.1 Å². The van der Waals surface area contributed by atoms with Crippen molar-refractivity contribution < 1.29 is 4.79 Å². The number of carbonyl (C=O) groups excluding carboxylic acids is 1. The van der Waals surface area contributed by atoms with Crippen LogP contribution in [-0.4, -0.2) is 11.9 Å². The highest BCUT2D eigenvalue weighted by Crippen LogP contribution is 2.49. The maximum absolute atomic E-state index is 12.6. The van der Waals surface area contributed by atoms with Gasteiger partial charge < -0.3 is 10.6 Å². The molecule has 0 saturated heterocycles. The summed E-state index contributed by atoms with van der Waals surface area (Å²) in [5.41, 5.74) is 5.78. The summed E-state index contributed by atoms with van der Waals surface area (Å²) in [7, 11) is 0. The van der Waals surface area contributed by atoms with Crippen LogP contribution in [0.2, 0.25) is 0 Å². The first-order valence-electron chi connectivity index (χ1n) is 10.0. The van der Waals surface area contributed by atoms with E-state index in [2.05, 4.69) is 73.0 Å². The van der Waals surface area contributed by atoms with Crippen LogP contribution in [0.5, 0.6) is 0 Å². The normalized spacial score (nSPS) is 23.9. The van der Waals surface area contributed by atoms with Crippen molar-refractivity contribution in [2.24, 2.45) is 5.92 Å². The Kier molecular flexibility index (Phi) is 4.77. The van der Waals surface area contributed by atoms with Crippen molar-refractivity contribution in [2.75, 3.05) is 5.32 Å². The van der Waals surface area contributed by atoms with Crippen LogP contribution in [0.25, 0.3) is 0 Å². The predicted molar refractivity (Wildman–Crippen MR) is 111 cm³/mol. The van der Waals surface area contributed by atoms with Gasteiger partial charge in [0.15, 0.2) is 0 Å².